The molecule has 2 aromatic carbocycles. The van der Waals surface area contributed by atoms with Crippen LogP contribution in [0.1, 0.15) is 31.0 Å². The Morgan fingerprint density at radius 3 is 2.58 bits per heavy atom. The number of hydrogen-bond acceptors (Lipinski definition) is 4. The van der Waals surface area contributed by atoms with E-state index in [2.05, 4.69) is 27.4 Å². The smallest absolute Gasteiger partial charge is 0.323 e. The average molecular weight is 353 g/mol. The number of nitrogens with one attached hydrogen (secondary N) is 3. The molecular formula is C20H23N3O3. The monoisotopic (exact) mass is 353 g/mol. The van der Waals surface area contributed by atoms with Gasteiger partial charge < -0.3 is 25.1 Å². The topological polar surface area (TPSA) is 90.1 Å². The van der Waals surface area contributed by atoms with Crippen molar-refractivity contribution in [2.24, 2.45) is 0 Å². The van der Waals surface area contributed by atoms with Gasteiger partial charge in [0.2, 0.25) is 0 Å². The summed E-state index contributed by atoms with van der Waals surface area (Å²) < 4.78 is 6.02. The molecule has 0 saturated carbocycles. The average Bonchev–Trinajstić information content (AvgIpc) is 2.96. The number of ether oxygens (including phenoxy) is 1. The van der Waals surface area contributed by atoms with Crippen molar-refractivity contribution in [3.8, 4) is 5.75 Å². The molecule has 1 aromatic heterocycles. The van der Waals surface area contributed by atoms with Crippen LogP contribution in [0, 0.1) is 0 Å². The maximum absolute atomic E-state index is 11.6. The molecule has 26 heavy (non-hydrogen) atoms. The van der Waals surface area contributed by atoms with Gasteiger partial charge in [-0.15, -0.1) is 0 Å². The fourth-order valence-electron chi connectivity index (χ4n) is 3.56. The number of aliphatic hydroxyl groups excluding tert-OH is 1. The van der Waals surface area contributed by atoms with Gasteiger partial charge in [0.1, 0.15) is 17.5 Å². The molecule has 136 valence electrons. The van der Waals surface area contributed by atoms with Crippen LogP contribution in [0.2, 0.25) is 0 Å². The fraction of sp³-hybridized carbons (Fsp3) is 0.350. The van der Waals surface area contributed by atoms with Crippen molar-refractivity contribution >= 4 is 11.0 Å². The van der Waals surface area contributed by atoms with E-state index in [9.17, 15) is 9.90 Å². The van der Waals surface area contributed by atoms with E-state index in [4.69, 9.17) is 4.74 Å². The third kappa shape index (κ3) is 3.02. The quantitative estimate of drug-likeness (QED) is 0.579. The lowest BCUT2D eigenvalue weighted by Gasteiger charge is -2.42. The summed E-state index contributed by atoms with van der Waals surface area (Å²) in [6.07, 6.45) is 0.151. The normalized spacial score (nSPS) is 21.3. The second kappa shape index (κ2) is 6.30. The van der Waals surface area contributed by atoms with Gasteiger partial charge >= 0.3 is 5.69 Å². The van der Waals surface area contributed by atoms with Gasteiger partial charge in [-0.1, -0.05) is 30.3 Å². The van der Waals surface area contributed by atoms with Crippen molar-refractivity contribution in [3.63, 3.8) is 0 Å². The minimum absolute atomic E-state index is 0.254. The van der Waals surface area contributed by atoms with Gasteiger partial charge in [-0.3, -0.25) is 0 Å². The molecule has 4 N–H and O–H groups in total. The van der Waals surface area contributed by atoms with Crippen molar-refractivity contribution in [1.29, 1.82) is 0 Å². The number of benzene rings is 2. The van der Waals surface area contributed by atoms with Crippen LogP contribution < -0.4 is 15.7 Å². The Balaban J connectivity index is 1.64. The first-order valence-electron chi connectivity index (χ1n) is 8.84. The van der Waals surface area contributed by atoms with E-state index in [1.165, 1.54) is 5.56 Å². The van der Waals surface area contributed by atoms with E-state index in [1.54, 1.807) is 0 Å². The summed E-state index contributed by atoms with van der Waals surface area (Å²) in [6, 6.07) is 13.7. The van der Waals surface area contributed by atoms with Crippen molar-refractivity contribution in [2.45, 2.75) is 38.0 Å². The molecule has 2 atom stereocenters. The van der Waals surface area contributed by atoms with Crippen LogP contribution in [0.15, 0.2) is 47.3 Å². The van der Waals surface area contributed by atoms with Gasteiger partial charge in [-0.25, -0.2) is 4.79 Å². The molecule has 0 spiro atoms. The number of H-pyrrole nitrogens is 2. The van der Waals surface area contributed by atoms with E-state index in [0.29, 0.717) is 16.8 Å². The predicted octanol–water partition coefficient (Wildman–Crippen LogP) is 2.26. The summed E-state index contributed by atoms with van der Waals surface area (Å²) in [5, 5.41) is 14.3. The molecule has 0 saturated heterocycles. The molecule has 0 radical (unpaired) electrons. The van der Waals surface area contributed by atoms with Crippen molar-refractivity contribution in [1.82, 2.24) is 15.3 Å². The largest absolute Gasteiger partial charge is 0.485 e. The van der Waals surface area contributed by atoms with Gasteiger partial charge in [0.05, 0.1) is 17.1 Å². The van der Waals surface area contributed by atoms with Crippen molar-refractivity contribution < 1.29 is 9.84 Å². The molecule has 0 amide bonds. The first-order chi connectivity index (χ1) is 12.4. The molecule has 0 fully saturated rings. The SMILES string of the molecule is CC1(C)Oc2cc3[nH]c(=O)[nH]c3cc2[C@H](NCCc2ccccc2)[C@H]1O. The number of imidazole rings is 1. The molecule has 6 nitrogen and oxygen atoms in total. The number of hydrogen-bond donors (Lipinski definition) is 4. The maximum atomic E-state index is 11.6. The van der Waals surface area contributed by atoms with E-state index >= 15 is 0 Å². The predicted molar refractivity (Wildman–Crippen MR) is 101 cm³/mol. The number of fused-ring (bicyclic) bond motifs is 2. The summed E-state index contributed by atoms with van der Waals surface area (Å²) in [5.41, 5.74) is 2.51. The van der Waals surface area contributed by atoms with Crippen LogP contribution in [-0.2, 0) is 6.42 Å². The van der Waals surface area contributed by atoms with Crippen LogP contribution in [0.4, 0.5) is 0 Å². The van der Waals surface area contributed by atoms with Crippen molar-refractivity contribution in [3.05, 3.63) is 64.1 Å². The molecule has 1 aliphatic heterocycles. The summed E-state index contributed by atoms with van der Waals surface area (Å²) in [6.45, 7) is 4.47. The standard InChI is InChI=1S/C20H23N3O3/c1-20(2)18(24)17(21-9-8-12-6-4-3-5-7-12)13-10-14-15(11-16(13)26-20)23-19(25)22-14/h3-7,10-11,17-18,21,24H,8-9H2,1-2H3,(H2,22,23,25)/t17-,18+/m0/s1. The van der Waals surface area contributed by atoms with Crippen LogP contribution >= 0.6 is 0 Å². The molecule has 0 aliphatic carbocycles. The molecular weight excluding hydrogens is 330 g/mol. The number of aliphatic hydroxyl groups is 1. The van der Waals surface area contributed by atoms with Crippen LogP contribution in [-0.4, -0.2) is 33.3 Å². The second-order valence-electron chi connectivity index (χ2n) is 7.33. The first-order valence-corrected chi connectivity index (χ1v) is 8.84. The highest BCUT2D eigenvalue weighted by Gasteiger charge is 2.42. The first kappa shape index (κ1) is 16.9. The third-order valence-corrected chi connectivity index (χ3v) is 5.00. The summed E-state index contributed by atoms with van der Waals surface area (Å²) in [5.74, 6) is 0.681. The Morgan fingerprint density at radius 2 is 1.85 bits per heavy atom. The molecule has 3 aromatic rings. The lowest BCUT2D eigenvalue weighted by Crippen LogP contribution is -2.52. The molecule has 6 heteroatoms. The molecule has 2 heterocycles. The maximum Gasteiger partial charge on any atom is 0.323 e. The highest BCUT2D eigenvalue weighted by Crippen LogP contribution is 2.41. The summed E-state index contributed by atoms with van der Waals surface area (Å²) in [7, 11) is 0. The minimum atomic E-state index is -0.734. The zero-order valence-electron chi connectivity index (χ0n) is 14.9. The second-order valence-corrected chi connectivity index (χ2v) is 7.33. The van der Waals surface area contributed by atoms with Gasteiger partial charge in [-0.05, 0) is 38.4 Å². The van der Waals surface area contributed by atoms with Gasteiger partial charge in [-0.2, -0.15) is 0 Å². The summed E-state index contributed by atoms with van der Waals surface area (Å²) in [4.78, 5) is 17.1. The lowest BCUT2D eigenvalue weighted by atomic mass is 9.86. The zero-order valence-corrected chi connectivity index (χ0v) is 14.9. The van der Waals surface area contributed by atoms with E-state index in [1.807, 2.05) is 44.2 Å². The van der Waals surface area contributed by atoms with Crippen LogP contribution in [0.25, 0.3) is 11.0 Å². The van der Waals surface area contributed by atoms with E-state index in [-0.39, 0.29) is 11.7 Å². The molecule has 4 rings (SSSR count). The lowest BCUT2D eigenvalue weighted by molar-refractivity contribution is -0.0642. The fourth-order valence-corrected chi connectivity index (χ4v) is 3.56. The van der Waals surface area contributed by atoms with Crippen molar-refractivity contribution in [2.75, 3.05) is 6.54 Å². The number of aromatic nitrogens is 2. The van der Waals surface area contributed by atoms with E-state index < -0.39 is 11.7 Å². The Morgan fingerprint density at radius 1 is 1.15 bits per heavy atom. The Hall–Kier alpha value is -2.57. The Bertz CT molecular complexity index is 975. The van der Waals surface area contributed by atoms with Crippen LogP contribution in [0.5, 0.6) is 5.75 Å². The van der Waals surface area contributed by atoms with Gasteiger partial charge in [0.25, 0.3) is 0 Å². The van der Waals surface area contributed by atoms with Gasteiger partial charge in [0, 0.05) is 11.6 Å². The highest BCUT2D eigenvalue weighted by molar-refractivity contribution is 5.78. The minimum Gasteiger partial charge on any atom is -0.485 e. The van der Waals surface area contributed by atoms with E-state index in [0.717, 1.165) is 18.5 Å². The molecule has 0 unspecified atom stereocenters. The Labute approximate surface area is 151 Å². The number of aromatic amines is 2. The Kier molecular flexibility index (Phi) is 4.09. The molecule has 0 bridgehead atoms. The highest BCUT2D eigenvalue weighted by atomic mass is 16.5. The third-order valence-electron chi connectivity index (χ3n) is 5.00. The molecule has 1 aliphatic rings. The number of rotatable bonds is 4. The van der Waals surface area contributed by atoms with Gasteiger partial charge in [0.15, 0.2) is 0 Å². The zero-order chi connectivity index (χ0) is 18.3. The van der Waals surface area contributed by atoms with Crippen LogP contribution in [0.3, 0.4) is 0 Å². The summed E-state index contributed by atoms with van der Waals surface area (Å²) >= 11 is 0.